The summed E-state index contributed by atoms with van der Waals surface area (Å²) in [6.45, 7) is -0.207. The molecule has 10 heteroatoms. The van der Waals surface area contributed by atoms with Crippen molar-refractivity contribution in [3.8, 4) is 5.75 Å². The van der Waals surface area contributed by atoms with Crippen LogP contribution in [0, 0.1) is 23.7 Å². The van der Waals surface area contributed by atoms with Gasteiger partial charge in [-0.2, -0.15) is 0 Å². The zero-order valence-corrected chi connectivity index (χ0v) is 28.3. The summed E-state index contributed by atoms with van der Waals surface area (Å²) in [7, 11) is 0. The van der Waals surface area contributed by atoms with Gasteiger partial charge in [0.05, 0.1) is 41.2 Å². The Kier molecular flexibility index (Phi) is 8.13. The number of para-hydroxylation sites is 1. The number of nitrogens with zero attached hydrogens (tertiary/aromatic N) is 2. The van der Waals surface area contributed by atoms with Gasteiger partial charge < -0.3 is 9.84 Å². The number of hydrogen-bond donors (Lipinski definition) is 1. The van der Waals surface area contributed by atoms with E-state index < -0.39 is 46.8 Å². The van der Waals surface area contributed by atoms with Crippen LogP contribution in [0.2, 0.25) is 10.0 Å². The summed E-state index contributed by atoms with van der Waals surface area (Å²) in [6.07, 6.45) is 2.47. The van der Waals surface area contributed by atoms with Crippen LogP contribution in [0.15, 0.2) is 115 Å². The average molecular weight is 708 g/mol. The lowest BCUT2D eigenvalue weighted by atomic mass is 9.49. The molecule has 4 aromatic carbocycles. The van der Waals surface area contributed by atoms with Gasteiger partial charge in [0, 0.05) is 21.5 Å². The second-order valence-corrected chi connectivity index (χ2v) is 14.1. The van der Waals surface area contributed by atoms with Crippen LogP contribution >= 0.6 is 23.2 Å². The van der Waals surface area contributed by atoms with Crippen LogP contribution in [0.3, 0.4) is 0 Å². The number of ether oxygens (including phenoxy) is 1. The number of amides is 4. The normalized spacial score (nSPS) is 27.2. The van der Waals surface area contributed by atoms with Crippen molar-refractivity contribution in [2.45, 2.75) is 24.2 Å². The van der Waals surface area contributed by atoms with E-state index in [0.717, 1.165) is 5.57 Å². The van der Waals surface area contributed by atoms with E-state index in [1.807, 2.05) is 54.6 Å². The van der Waals surface area contributed by atoms with Gasteiger partial charge >= 0.3 is 0 Å². The molecule has 1 saturated carbocycles. The largest absolute Gasteiger partial charge is 0.491 e. The molecule has 2 saturated heterocycles. The van der Waals surface area contributed by atoms with E-state index in [1.165, 1.54) is 9.80 Å². The molecule has 2 heterocycles. The van der Waals surface area contributed by atoms with Crippen molar-refractivity contribution in [3.63, 3.8) is 0 Å². The number of allylic oxidation sites excluding steroid dienone is 2. The summed E-state index contributed by atoms with van der Waals surface area (Å²) in [6, 6.07) is 30.0. The highest BCUT2D eigenvalue weighted by atomic mass is 35.5. The summed E-state index contributed by atoms with van der Waals surface area (Å²) in [5.41, 5.74) is 1.50. The standard InChI is InChI=1S/C40H32Cl2N2O6/c41-24-13-15-26(16-14-24)43-36(46)30-18-17-28-31(34(30)38(43)48)22-32-37(47)44(27-10-6-9-25(42)21-27)39(49)40(32,23-7-2-1-3-8-23)35(28)29-11-4-5-12-33(29)50-20-19-45/h1-17,21,30-32,34-35,45H,18-20,22H2. The lowest BCUT2D eigenvalue weighted by Crippen LogP contribution is -2.53. The molecule has 2 aliphatic carbocycles. The van der Waals surface area contributed by atoms with Crippen molar-refractivity contribution in [1.82, 2.24) is 0 Å². The Bertz CT molecular complexity index is 2070. The summed E-state index contributed by atoms with van der Waals surface area (Å²) < 4.78 is 6.10. The molecule has 4 aromatic rings. The van der Waals surface area contributed by atoms with Crippen molar-refractivity contribution < 1.29 is 29.0 Å². The van der Waals surface area contributed by atoms with Gasteiger partial charge in [0.25, 0.3) is 0 Å². The Morgan fingerprint density at radius 1 is 0.740 bits per heavy atom. The van der Waals surface area contributed by atoms with E-state index in [-0.39, 0.29) is 37.9 Å². The minimum Gasteiger partial charge on any atom is -0.491 e. The number of benzene rings is 4. The second-order valence-electron chi connectivity index (χ2n) is 13.2. The van der Waals surface area contributed by atoms with Crippen LogP contribution in [0.4, 0.5) is 11.4 Å². The van der Waals surface area contributed by atoms with Gasteiger partial charge in [-0.1, -0.05) is 89.4 Å². The number of anilines is 2. The van der Waals surface area contributed by atoms with Gasteiger partial charge in [-0.3, -0.25) is 24.1 Å². The van der Waals surface area contributed by atoms with Gasteiger partial charge in [0.2, 0.25) is 23.6 Å². The van der Waals surface area contributed by atoms with Gasteiger partial charge in [-0.05, 0) is 72.9 Å². The maximum absolute atomic E-state index is 15.4. The minimum atomic E-state index is -1.43. The summed E-state index contributed by atoms with van der Waals surface area (Å²) in [5, 5.41) is 10.6. The summed E-state index contributed by atoms with van der Waals surface area (Å²) in [4.78, 5) is 61.2. The summed E-state index contributed by atoms with van der Waals surface area (Å²) in [5.74, 6) is -4.53. The highest BCUT2D eigenvalue weighted by molar-refractivity contribution is 6.32. The van der Waals surface area contributed by atoms with E-state index in [4.69, 9.17) is 27.9 Å². The van der Waals surface area contributed by atoms with Crippen molar-refractivity contribution in [3.05, 3.63) is 136 Å². The molecule has 0 radical (unpaired) electrons. The lowest BCUT2D eigenvalue weighted by molar-refractivity contribution is -0.127. The van der Waals surface area contributed by atoms with Crippen molar-refractivity contribution in [1.29, 1.82) is 0 Å². The fraction of sp³-hybridized carbons (Fsp3) is 0.250. The molecule has 50 heavy (non-hydrogen) atoms. The van der Waals surface area contributed by atoms with Crippen LogP contribution in [-0.2, 0) is 24.6 Å². The van der Waals surface area contributed by atoms with Gasteiger partial charge in [0.1, 0.15) is 12.4 Å². The molecule has 252 valence electrons. The van der Waals surface area contributed by atoms with Gasteiger partial charge in [-0.25, -0.2) is 4.90 Å². The molecule has 1 N–H and O–H groups in total. The highest BCUT2D eigenvalue weighted by Crippen LogP contribution is 2.65. The third kappa shape index (κ3) is 4.77. The number of hydrogen-bond acceptors (Lipinski definition) is 6. The monoisotopic (exact) mass is 706 g/mol. The molecule has 4 aliphatic rings. The molecule has 0 spiro atoms. The predicted molar refractivity (Wildman–Crippen MR) is 189 cm³/mol. The lowest BCUT2D eigenvalue weighted by Gasteiger charge is -2.51. The number of aliphatic hydroxyl groups is 1. The molecule has 6 atom stereocenters. The molecule has 4 amide bonds. The van der Waals surface area contributed by atoms with E-state index in [9.17, 15) is 19.5 Å². The first-order valence-corrected chi connectivity index (χ1v) is 17.4. The zero-order valence-electron chi connectivity index (χ0n) is 26.7. The topological polar surface area (TPSA) is 104 Å². The first-order chi connectivity index (χ1) is 24.3. The second kappa shape index (κ2) is 12.5. The Morgan fingerprint density at radius 3 is 2.22 bits per heavy atom. The Balaban J connectivity index is 1.36. The molecular formula is C40H32Cl2N2O6. The fourth-order valence-electron chi connectivity index (χ4n) is 8.94. The van der Waals surface area contributed by atoms with Crippen LogP contribution < -0.4 is 14.5 Å². The van der Waals surface area contributed by atoms with Crippen LogP contribution in [0.25, 0.3) is 0 Å². The number of aliphatic hydroxyl groups excluding tert-OH is 1. The van der Waals surface area contributed by atoms with Gasteiger partial charge in [-0.15, -0.1) is 0 Å². The van der Waals surface area contributed by atoms with Crippen LogP contribution in [0.1, 0.15) is 29.9 Å². The zero-order chi connectivity index (χ0) is 34.7. The fourth-order valence-corrected chi connectivity index (χ4v) is 9.25. The molecule has 2 aliphatic heterocycles. The van der Waals surface area contributed by atoms with Crippen LogP contribution in [0.5, 0.6) is 5.75 Å². The molecule has 8 rings (SSSR count). The SMILES string of the molecule is O=C1C2CC=C3C(CC4C(=O)N(c5cccc(Cl)c5)C(=O)C4(c4ccccc4)C3c3ccccc3OCCO)C2C(=O)N1c1ccc(Cl)cc1. The number of carbonyl (C=O) groups excluding carboxylic acids is 4. The third-order valence-corrected chi connectivity index (χ3v) is 11.3. The predicted octanol–water partition coefficient (Wildman–Crippen LogP) is 6.73. The number of rotatable bonds is 7. The smallest absolute Gasteiger partial charge is 0.246 e. The van der Waals surface area contributed by atoms with Gasteiger partial charge in [0.15, 0.2) is 0 Å². The maximum Gasteiger partial charge on any atom is 0.246 e. The maximum atomic E-state index is 15.4. The van der Waals surface area contributed by atoms with E-state index in [2.05, 4.69) is 0 Å². The van der Waals surface area contributed by atoms with Crippen molar-refractivity contribution >= 4 is 58.2 Å². The Labute approximate surface area is 298 Å². The summed E-state index contributed by atoms with van der Waals surface area (Å²) >= 11 is 12.5. The number of halogens is 2. The Hall–Kier alpha value is -4.76. The van der Waals surface area contributed by atoms with E-state index in [0.29, 0.717) is 38.3 Å². The van der Waals surface area contributed by atoms with E-state index in [1.54, 1.807) is 54.6 Å². The number of carbonyl (C=O) groups is 4. The third-order valence-electron chi connectivity index (χ3n) is 10.8. The minimum absolute atomic E-state index is 0.0171. The van der Waals surface area contributed by atoms with E-state index >= 15 is 4.79 Å². The molecule has 0 bridgehead atoms. The highest BCUT2D eigenvalue weighted by Gasteiger charge is 2.70. The first-order valence-electron chi connectivity index (χ1n) is 16.6. The number of imide groups is 2. The van der Waals surface area contributed by atoms with Crippen molar-refractivity contribution in [2.24, 2.45) is 23.7 Å². The molecule has 6 unspecified atom stereocenters. The average Bonchev–Trinajstić information content (AvgIpc) is 3.52. The van der Waals surface area contributed by atoms with Crippen LogP contribution in [-0.4, -0.2) is 41.9 Å². The molecule has 0 aromatic heterocycles. The number of fused-ring (bicyclic) bond motifs is 4. The quantitative estimate of drug-likeness (QED) is 0.169. The molecule has 3 fully saturated rings. The molecular weight excluding hydrogens is 675 g/mol. The Morgan fingerprint density at radius 2 is 1.48 bits per heavy atom. The molecule has 8 nitrogen and oxygen atoms in total. The van der Waals surface area contributed by atoms with Crippen molar-refractivity contribution in [2.75, 3.05) is 23.0 Å². The first kappa shape index (κ1) is 32.4.